The van der Waals surface area contributed by atoms with Crippen molar-refractivity contribution in [3.63, 3.8) is 0 Å². The molecule has 146 valence electrons. The highest BCUT2D eigenvalue weighted by Crippen LogP contribution is 2.30. The number of hydrogen-bond acceptors (Lipinski definition) is 3. The van der Waals surface area contributed by atoms with E-state index in [1.165, 1.54) is 17.5 Å². The number of halogens is 1. The summed E-state index contributed by atoms with van der Waals surface area (Å²) in [6.45, 7) is 8.08. The minimum Gasteiger partial charge on any atom is -0.338 e. The zero-order chi connectivity index (χ0) is 19.8. The van der Waals surface area contributed by atoms with E-state index in [1.807, 2.05) is 36.2 Å². The number of rotatable bonds is 3. The van der Waals surface area contributed by atoms with E-state index in [2.05, 4.69) is 40.2 Å². The number of imidazole rings is 1. The highest BCUT2D eigenvalue weighted by Gasteiger charge is 2.16. The van der Waals surface area contributed by atoms with Gasteiger partial charge in [-0.2, -0.15) is 0 Å². The first-order valence-electron chi connectivity index (χ1n) is 9.76. The Bertz CT molecular complexity index is 1050. The topological polar surface area (TPSA) is 61.0 Å². The van der Waals surface area contributed by atoms with Gasteiger partial charge in [0.25, 0.3) is 5.91 Å². The van der Waals surface area contributed by atoms with E-state index in [0.717, 1.165) is 58.4 Å². The van der Waals surface area contributed by atoms with Crippen molar-refractivity contribution in [3.05, 3.63) is 51.0 Å². The molecule has 1 amide bonds. The summed E-state index contributed by atoms with van der Waals surface area (Å²) >= 11 is 3.61. The quantitative estimate of drug-likeness (QED) is 0.598. The third-order valence-electron chi connectivity index (χ3n) is 5.65. The van der Waals surface area contributed by atoms with Gasteiger partial charge in [0.05, 0.1) is 11.0 Å². The fourth-order valence-electron chi connectivity index (χ4n) is 3.78. The number of aromatic amines is 1. The molecule has 0 bridgehead atoms. The molecular weight excluding hydrogens is 416 g/mol. The molecule has 2 aromatic carbocycles. The van der Waals surface area contributed by atoms with Crippen LogP contribution in [-0.4, -0.2) is 34.0 Å². The van der Waals surface area contributed by atoms with Crippen molar-refractivity contribution >= 4 is 32.9 Å². The van der Waals surface area contributed by atoms with Gasteiger partial charge in [-0.3, -0.25) is 10.2 Å². The van der Waals surface area contributed by atoms with Gasteiger partial charge in [-0.15, -0.1) is 0 Å². The lowest BCUT2D eigenvalue weighted by Crippen LogP contribution is -2.45. The third kappa shape index (κ3) is 3.59. The second kappa shape index (κ2) is 7.68. The van der Waals surface area contributed by atoms with E-state index < -0.39 is 0 Å². The molecule has 0 radical (unpaired) electrons. The van der Waals surface area contributed by atoms with Crippen molar-refractivity contribution in [2.45, 2.75) is 40.0 Å². The number of nitrogens with zero attached hydrogens (tertiary/aromatic N) is 2. The number of aryl methyl sites for hydroxylation is 2. The summed E-state index contributed by atoms with van der Waals surface area (Å²) in [5.74, 6) is 0.785. The van der Waals surface area contributed by atoms with Gasteiger partial charge < -0.3 is 4.98 Å². The number of carbonyl (C=O) groups excluding carboxylic acids is 1. The molecule has 6 heteroatoms. The molecule has 3 aromatic rings. The average Bonchev–Trinajstić information content (AvgIpc) is 3.10. The van der Waals surface area contributed by atoms with Crippen molar-refractivity contribution < 1.29 is 4.79 Å². The Morgan fingerprint density at radius 2 is 1.86 bits per heavy atom. The van der Waals surface area contributed by atoms with Crippen LogP contribution in [0.15, 0.2) is 28.7 Å². The molecule has 1 aromatic heterocycles. The Labute approximate surface area is 173 Å². The van der Waals surface area contributed by atoms with E-state index in [-0.39, 0.29) is 5.91 Å². The van der Waals surface area contributed by atoms with Crippen LogP contribution in [0.4, 0.5) is 0 Å². The number of benzene rings is 2. The van der Waals surface area contributed by atoms with E-state index in [4.69, 9.17) is 4.98 Å². The maximum Gasteiger partial charge on any atom is 0.265 e. The Balaban J connectivity index is 1.62. The number of H-pyrrole nitrogens is 1. The fraction of sp³-hybridized carbons (Fsp3) is 0.364. The third-order valence-corrected chi connectivity index (χ3v) is 6.47. The number of aromatic nitrogens is 2. The van der Waals surface area contributed by atoms with Gasteiger partial charge >= 0.3 is 0 Å². The second-order valence-corrected chi connectivity index (χ2v) is 8.46. The van der Waals surface area contributed by atoms with Crippen molar-refractivity contribution in [1.29, 1.82) is 0 Å². The van der Waals surface area contributed by atoms with Gasteiger partial charge in [-0.05, 0) is 68.5 Å². The van der Waals surface area contributed by atoms with Crippen LogP contribution in [0.3, 0.4) is 0 Å². The van der Waals surface area contributed by atoms with Crippen LogP contribution < -0.4 is 5.43 Å². The molecule has 0 saturated carbocycles. The molecule has 28 heavy (non-hydrogen) atoms. The Hall–Kier alpha value is -2.18. The fourth-order valence-corrected chi connectivity index (χ4v) is 4.30. The van der Waals surface area contributed by atoms with Gasteiger partial charge in [0, 0.05) is 28.7 Å². The molecule has 1 fully saturated rings. The van der Waals surface area contributed by atoms with Crippen LogP contribution in [0.25, 0.3) is 22.4 Å². The van der Waals surface area contributed by atoms with Crippen LogP contribution in [-0.2, 0) is 0 Å². The van der Waals surface area contributed by atoms with Crippen LogP contribution in [0.2, 0.25) is 0 Å². The molecule has 1 aliphatic heterocycles. The van der Waals surface area contributed by atoms with Gasteiger partial charge in [-0.25, -0.2) is 9.99 Å². The minimum atomic E-state index is -0.0449. The van der Waals surface area contributed by atoms with Crippen LogP contribution in [0.5, 0.6) is 0 Å². The summed E-state index contributed by atoms with van der Waals surface area (Å²) < 4.78 is 1.07. The minimum absolute atomic E-state index is 0.0449. The normalized spacial score (nSPS) is 15.1. The molecule has 0 aliphatic carbocycles. The van der Waals surface area contributed by atoms with Crippen molar-refractivity contribution in [2.24, 2.45) is 0 Å². The molecule has 0 spiro atoms. The smallest absolute Gasteiger partial charge is 0.265 e. The van der Waals surface area contributed by atoms with Gasteiger partial charge in [0.15, 0.2) is 0 Å². The molecule has 0 atom stereocenters. The predicted octanol–water partition coefficient (Wildman–Crippen LogP) is 5.05. The Kier molecular flexibility index (Phi) is 5.25. The first-order chi connectivity index (χ1) is 13.4. The number of nitrogens with one attached hydrogen (secondary N) is 2. The van der Waals surface area contributed by atoms with Gasteiger partial charge in [0.2, 0.25) is 0 Å². The molecule has 4 rings (SSSR count). The number of carbonyl (C=O) groups is 1. The summed E-state index contributed by atoms with van der Waals surface area (Å²) in [6, 6.07) is 7.85. The maximum atomic E-state index is 12.6. The zero-order valence-corrected chi connectivity index (χ0v) is 18.1. The first kappa shape index (κ1) is 19.2. The summed E-state index contributed by atoms with van der Waals surface area (Å²) in [5.41, 5.74) is 10.2. The number of piperidine rings is 1. The number of hydrogen-bond donors (Lipinski definition) is 2. The van der Waals surface area contributed by atoms with Gasteiger partial charge in [-0.1, -0.05) is 28.4 Å². The largest absolute Gasteiger partial charge is 0.338 e. The van der Waals surface area contributed by atoms with Crippen molar-refractivity contribution in [3.8, 4) is 11.4 Å². The Morgan fingerprint density at radius 3 is 2.57 bits per heavy atom. The summed E-state index contributed by atoms with van der Waals surface area (Å²) in [6.07, 6.45) is 3.52. The van der Waals surface area contributed by atoms with E-state index in [0.29, 0.717) is 5.56 Å². The first-order valence-corrected chi connectivity index (χ1v) is 10.6. The highest BCUT2D eigenvalue weighted by molar-refractivity contribution is 9.10. The SMILES string of the molecule is Cc1cc(C(=O)NN2CCCCC2)ccc1-c1nc2cc(Br)c(C)c(C)c2[nH]1. The lowest BCUT2D eigenvalue weighted by atomic mass is 10.0. The maximum absolute atomic E-state index is 12.6. The summed E-state index contributed by atoms with van der Waals surface area (Å²) in [5, 5.41) is 2.03. The summed E-state index contributed by atoms with van der Waals surface area (Å²) in [7, 11) is 0. The van der Waals surface area contributed by atoms with Crippen molar-refractivity contribution in [1.82, 2.24) is 20.4 Å². The second-order valence-electron chi connectivity index (χ2n) is 7.61. The molecule has 5 nitrogen and oxygen atoms in total. The highest BCUT2D eigenvalue weighted by atomic mass is 79.9. The summed E-state index contributed by atoms with van der Waals surface area (Å²) in [4.78, 5) is 20.8. The lowest BCUT2D eigenvalue weighted by Gasteiger charge is -2.26. The molecule has 1 aliphatic rings. The van der Waals surface area contributed by atoms with Gasteiger partial charge in [0.1, 0.15) is 5.82 Å². The lowest BCUT2D eigenvalue weighted by molar-refractivity contribution is 0.0750. The number of hydrazine groups is 1. The predicted molar refractivity (Wildman–Crippen MR) is 116 cm³/mol. The van der Waals surface area contributed by atoms with E-state index in [1.54, 1.807) is 0 Å². The van der Waals surface area contributed by atoms with E-state index >= 15 is 0 Å². The molecule has 2 N–H and O–H groups in total. The molecular formula is C22H25BrN4O. The zero-order valence-electron chi connectivity index (χ0n) is 16.5. The van der Waals surface area contributed by atoms with E-state index in [9.17, 15) is 4.79 Å². The number of amides is 1. The van der Waals surface area contributed by atoms with Crippen LogP contribution in [0.1, 0.15) is 46.3 Å². The monoisotopic (exact) mass is 440 g/mol. The number of fused-ring (bicyclic) bond motifs is 1. The Morgan fingerprint density at radius 1 is 1.11 bits per heavy atom. The standard InChI is InChI=1S/C22H25BrN4O/c1-13-11-16(22(28)26-27-9-5-4-6-10-27)7-8-17(13)21-24-19-12-18(23)14(2)15(3)20(19)25-21/h7-8,11-12H,4-6,9-10H2,1-3H3,(H,24,25)(H,26,28). The van der Waals surface area contributed by atoms with Crippen molar-refractivity contribution in [2.75, 3.05) is 13.1 Å². The van der Waals surface area contributed by atoms with Crippen LogP contribution in [0, 0.1) is 20.8 Å². The molecule has 1 saturated heterocycles. The molecule has 0 unspecified atom stereocenters. The molecule has 2 heterocycles. The average molecular weight is 441 g/mol. The van der Waals surface area contributed by atoms with Crippen LogP contribution >= 0.6 is 15.9 Å².